The lowest BCUT2D eigenvalue weighted by Crippen LogP contribution is -2.03. The molecule has 0 aliphatic rings. The number of anilines is 1. The van der Waals surface area contributed by atoms with Crippen LogP contribution in [0.5, 0.6) is 5.75 Å². The quantitative estimate of drug-likeness (QED) is 0.846. The molecule has 0 atom stereocenters. The number of benzene rings is 1. The number of hydrogen-bond donors (Lipinski definition) is 1. The highest BCUT2D eigenvalue weighted by Crippen LogP contribution is 2.27. The van der Waals surface area contributed by atoms with Gasteiger partial charge in [0.15, 0.2) is 16.7 Å². The lowest BCUT2D eigenvalue weighted by atomic mass is 10.2. The van der Waals surface area contributed by atoms with Crippen molar-refractivity contribution in [3.8, 4) is 5.75 Å². The van der Waals surface area contributed by atoms with Crippen LogP contribution in [0.3, 0.4) is 0 Å². The highest BCUT2D eigenvalue weighted by atomic mass is 35.5. The van der Waals surface area contributed by atoms with Crippen LogP contribution in [0.15, 0.2) is 24.3 Å². The molecule has 1 N–H and O–H groups in total. The Hall–Kier alpha value is -1.52. The Morgan fingerprint density at radius 2 is 2.05 bits per heavy atom. The number of nitrogens with zero attached hydrogens (tertiary/aromatic N) is 1. The van der Waals surface area contributed by atoms with Crippen LogP contribution in [0.1, 0.15) is 11.1 Å². The first-order valence-corrected chi connectivity index (χ1v) is 6.65. The fourth-order valence-corrected chi connectivity index (χ4v) is 2.42. The topological polar surface area (TPSA) is 34.1 Å². The standard InChI is InChI=1S/C14H13Cl2FN2O/c1-8-5-12(15)19-14(16)13(8)18-7-9-3-4-11(20-2)10(17)6-9/h3-6,18H,7H2,1-2H3. The fourth-order valence-electron chi connectivity index (χ4n) is 1.82. The van der Waals surface area contributed by atoms with Crippen LogP contribution in [0, 0.1) is 12.7 Å². The van der Waals surface area contributed by atoms with E-state index in [1.165, 1.54) is 13.2 Å². The summed E-state index contributed by atoms with van der Waals surface area (Å²) in [6, 6.07) is 6.49. The van der Waals surface area contributed by atoms with Crippen LogP contribution in [-0.2, 0) is 6.54 Å². The summed E-state index contributed by atoms with van der Waals surface area (Å²) in [5, 5.41) is 3.77. The molecule has 1 heterocycles. The second kappa shape index (κ2) is 6.29. The summed E-state index contributed by atoms with van der Waals surface area (Å²) >= 11 is 11.8. The smallest absolute Gasteiger partial charge is 0.165 e. The van der Waals surface area contributed by atoms with Crippen molar-refractivity contribution in [1.82, 2.24) is 4.98 Å². The van der Waals surface area contributed by atoms with E-state index in [0.717, 1.165) is 11.1 Å². The van der Waals surface area contributed by atoms with Crippen LogP contribution in [0.4, 0.5) is 10.1 Å². The molecule has 0 saturated carbocycles. The van der Waals surface area contributed by atoms with E-state index in [-0.39, 0.29) is 5.75 Å². The molecule has 0 radical (unpaired) electrons. The molecule has 0 bridgehead atoms. The van der Waals surface area contributed by atoms with Crippen molar-refractivity contribution in [2.24, 2.45) is 0 Å². The van der Waals surface area contributed by atoms with Crippen LogP contribution >= 0.6 is 23.2 Å². The van der Waals surface area contributed by atoms with Gasteiger partial charge >= 0.3 is 0 Å². The molecule has 3 nitrogen and oxygen atoms in total. The van der Waals surface area contributed by atoms with Gasteiger partial charge in [0.1, 0.15) is 5.15 Å². The molecule has 0 spiro atoms. The Labute approximate surface area is 126 Å². The molecule has 1 aromatic heterocycles. The first kappa shape index (κ1) is 14.9. The Bertz CT molecular complexity index is 612. The normalized spacial score (nSPS) is 10.4. The maximum Gasteiger partial charge on any atom is 0.165 e. The van der Waals surface area contributed by atoms with Gasteiger partial charge in [0.2, 0.25) is 0 Å². The van der Waals surface area contributed by atoms with E-state index in [1.54, 1.807) is 18.2 Å². The largest absolute Gasteiger partial charge is 0.494 e. The minimum absolute atomic E-state index is 0.219. The highest BCUT2D eigenvalue weighted by Gasteiger charge is 2.08. The molecule has 0 amide bonds. The minimum atomic E-state index is -0.399. The van der Waals surface area contributed by atoms with E-state index >= 15 is 0 Å². The number of aromatic nitrogens is 1. The fraction of sp³-hybridized carbons (Fsp3) is 0.214. The van der Waals surface area contributed by atoms with Gasteiger partial charge in [0.05, 0.1) is 12.8 Å². The van der Waals surface area contributed by atoms with E-state index in [4.69, 9.17) is 27.9 Å². The molecular formula is C14H13Cl2FN2O. The third-order valence-electron chi connectivity index (χ3n) is 2.83. The van der Waals surface area contributed by atoms with Crippen LogP contribution < -0.4 is 10.1 Å². The average molecular weight is 315 g/mol. The summed E-state index contributed by atoms with van der Waals surface area (Å²) in [6.07, 6.45) is 0. The SMILES string of the molecule is COc1ccc(CNc2c(C)cc(Cl)nc2Cl)cc1F. The Morgan fingerprint density at radius 1 is 1.30 bits per heavy atom. The van der Waals surface area contributed by atoms with Gasteiger partial charge in [-0.15, -0.1) is 0 Å². The first-order valence-electron chi connectivity index (χ1n) is 5.90. The number of rotatable bonds is 4. The third-order valence-corrected chi connectivity index (χ3v) is 3.29. The van der Waals surface area contributed by atoms with Gasteiger partial charge in [-0.1, -0.05) is 29.3 Å². The number of pyridine rings is 1. The van der Waals surface area contributed by atoms with Gasteiger partial charge in [-0.2, -0.15) is 0 Å². The zero-order valence-electron chi connectivity index (χ0n) is 11.0. The van der Waals surface area contributed by atoms with Gasteiger partial charge in [0, 0.05) is 6.54 Å². The summed E-state index contributed by atoms with van der Waals surface area (Å²) in [7, 11) is 1.43. The Balaban J connectivity index is 2.15. The predicted molar refractivity (Wildman–Crippen MR) is 79.3 cm³/mol. The monoisotopic (exact) mass is 314 g/mol. The average Bonchev–Trinajstić information content (AvgIpc) is 2.37. The van der Waals surface area contributed by atoms with Crippen LogP contribution in [0.2, 0.25) is 10.3 Å². The molecule has 1 aromatic carbocycles. The molecule has 0 fully saturated rings. The van der Waals surface area contributed by atoms with Crippen LogP contribution in [0.25, 0.3) is 0 Å². The molecule has 2 aromatic rings. The summed E-state index contributed by atoms with van der Waals surface area (Å²) in [6.45, 7) is 2.29. The first-order chi connectivity index (χ1) is 9.51. The summed E-state index contributed by atoms with van der Waals surface area (Å²) in [5.41, 5.74) is 2.34. The number of hydrogen-bond acceptors (Lipinski definition) is 3. The maximum atomic E-state index is 13.6. The predicted octanol–water partition coefficient (Wildman–Crippen LogP) is 4.46. The van der Waals surface area contributed by atoms with Gasteiger partial charge in [-0.05, 0) is 36.2 Å². The molecular weight excluding hydrogens is 302 g/mol. The maximum absolute atomic E-state index is 13.6. The van der Waals surface area contributed by atoms with E-state index < -0.39 is 5.82 Å². The number of aryl methyl sites for hydroxylation is 1. The lowest BCUT2D eigenvalue weighted by Gasteiger charge is -2.12. The van der Waals surface area contributed by atoms with Crippen molar-refractivity contribution in [1.29, 1.82) is 0 Å². The van der Waals surface area contributed by atoms with Crippen molar-refractivity contribution in [3.63, 3.8) is 0 Å². The Morgan fingerprint density at radius 3 is 2.65 bits per heavy atom. The molecule has 6 heteroatoms. The molecule has 20 heavy (non-hydrogen) atoms. The summed E-state index contributed by atoms with van der Waals surface area (Å²) in [5.74, 6) is -0.181. The minimum Gasteiger partial charge on any atom is -0.494 e. The van der Waals surface area contributed by atoms with Crippen molar-refractivity contribution < 1.29 is 9.13 Å². The molecule has 106 valence electrons. The van der Waals surface area contributed by atoms with Crippen molar-refractivity contribution in [2.45, 2.75) is 13.5 Å². The molecule has 0 aliphatic heterocycles. The van der Waals surface area contributed by atoms with Gasteiger partial charge in [-0.3, -0.25) is 0 Å². The number of ether oxygens (including phenoxy) is 1. The highest BCUT2D eigenvalue weighted by molar-refractivity contribution is 6.34. The zero-order chi connectivity index (χ0) is 14.7. The van der Waals surface area contributed by atoms with Gasteiger partial charge in [-0.25, -0.2) is 9.37 Å². The van der Waals surface area contributed by atoms with Crippen LogP contribution in [-0.4, -0.2) is 12.1 Å². The van der Waals surface area contributed by atoms with E-state index in [9.17, 15) is 4.39 Å². The summed E-state index contributed by atoms with van der Waals surface area (Å²) < 4.78 is 18.5. The second-order valence-corrected chi connectivity index (χ2v) is 5.00. The Kier molecular flexibility index (Phi) is 4.68. The molecule has 0 saturated heterocycles. The van der Waals surface area contributed by atoms with E-state index in [2.05, 4.69) is 10.3 Å². The third kappa shape index (κ3) is 3.32. The molecule has 0 unspecified atom stereocenters. The second-order valence-electron chi connectivity index (χ2n) is 4.25. The molecule has 0 aliphatic carbocycles. The van der Waals surface area contributed by atoms with Crippen molar-refractivity contribution >= 4 is 28.9 Å². The van der Waals surface area contributed by atoms with E-state index in [0.29, 0.717) is 22.5 Å². The number of nitrogens with one attached hydrogen (secondary N) is 1. The zero-order valence-corrected chi connectivity index (χ0v) is 12.5. The van der Waals surface area contributed by atoms with Gasteiger partial charge < -0.3 is 10.1 Å². The number of methoxy groups -OCH3 is 1. The summed E-state index contributed by atoms with van der Waals surface area (Å²) in [4.78, 5) is 3.97. The van der Waals surface area contributed by atoms with Crippen molar-refractivity contribution in [2.75, 3.05) is 12.4 Å². The van der Waals surface area contributed by atoms with E-state index in [1.807, 2.05) is 6.92 Å². The van der Waals surface area contributed by atoms with Gasteiger partial charge in [0.25, 0.3) is 0 Å². The molecule has 2 rings (SSSR count). The number of halogens is 3. The van der Waals surface area contributed by atoms with Crippen molar-refractivity contribution in [3.05, 3.63) is 51.5 Å². The lowest BCUT2D eigenvalue weighted by molar-refractivity contribution is 0.386.